The van der Waals surface area contributed by atoms with Gasteiger partial charge in [-0.1, -0.05) is 23.7 Å². The number of aromatic nitrogens is 2. The normalized spacial score (nSPS) is 14.5. The Morgan fingerprint density at radius 1 is 1.12 bits per heavy atom. The summed E-state index contributed by atoms with van der Waals surface area (Å²) in [4.78, 5) is 14.0. The second-order valence-corrected chi connectivity index (χ2v) is 5.95. The van der Waals surface area contributed by atoms with Crippen LogP contribution < -0.4 is 5.32 Å². The number of nitrogens with zero attached hydrogens (tertiary/aromatic N) is 3. The van der Waals surface area contributed by atoms with E-state index in [0.717, 1.165) is 18.0 Å². The Labute approximate surface area is 145 Å². The average molecular weight is 347 g/mol. The van der Waals surface area contributed by atoms with Crippen LogP contribution in [-0.4, -0.2) is 53.9 Å². The van der Waals surface area contributed by atoms with Crippen molar-refractivity contribution in [2.75, 3.05) is 38.2 Å². The van der Waals surface area contributed by atoms with E-state index in [4.69, 9.17) is 16.3 Å². The summed E-state index contributed by atoms with van der Waals surface area (Å²) in [6.45, 7) is 3.07. The van der Waals surface area contributed by atoms with Crippen LogP contribution in [0.15, 0.2) is 36.4 Å². The molecule has 7 heteroatoms. The van der Waals surface area contributed by atoms with Gasteiger partial charge in [-0.25, -0.2) is 0 Å². The first-order valence-electron chi connectivity index (χ1n) is 7.91. The summed E-state index contributed by atoms with van der Waals surface area (Å²) in [6.07, 6.45) is 0.854. The van der Waals surface area contributed by atoms with E-state index >= 15 is 0 Å². The van der Waals surface area contributed by atoms with Crippen LogP contribution in [0.3, 0.4) is 0 Å². The lowest BCUT2D eigenvalue weighted by Gasteiger charge is -2.26. The number of carbonyl (C=O) groups is 1. The van der Waals surface area contributed by atoms with Gasteiger partial charge in [0, 0.05) is 24.7 Å². The molecule has 0 radical (unpaired) electrons. The first-order chi connectivity index (χ1) is 11.7. The van der Waals surface area contributed by atoms with Gasteiger partial charge in [-0.2, -0.15) is 0 Å². The fourth-order valence-electron chi connectivity index (χ4n) is 2.46. The van der Waals surface area contributed by atoms with Crippen LogP contribution in [0.2, 0.25) is 5.02 Å². The van der Waals surface area contributed by atoms with E-state index < -0.39 is 0 Å². The number of carbonyl (C=O) groups excluding carboxylic acids is 1. The van der Waals surface area contributed by atoms with E-state index in [9.17, 15) is 4.79 Å². The highest BCUT2D eigenvalue weighted by atomic mass is 35.5. The van der Waals surface area contributed by atoms with E-state index in [0.29, 0.717) is 37.8 Å². The van der Waals surface area contributed by atoms with Crippen molar-refractivity contribution < 1.29 is 9.53 Å². The number of amides is 1. The number of nitrogens with one attached hydrogen (secondary N) is 1. The van der Waals surface area contributed by atoms with Crippen molar-refractivity contribution >= 4 is 23.3 Å². The molecule has 3 rings (SSSR count). The number of ether oxygens (including phenoxy) is 1. The molecule has 1 saturated heterocycles. The van der Waals surface area contributed by atoms with Crippen molar-refractivity contribution in [3.63, 3.8) is 0 Å². The topological polar surface area (TPSA) is 67.4 Å². The van der Waals surface area contributed by atoms with Crippen molar-refractivity contribution in [1.82, 2.24) is 15.1 Å². The lowest BCUT2D eigenvalue weighted by molar-refractivity contribution is 0.0298. The fourth-order valence-corrected chi connectivity index (χ4v) is 2.58. The third-order valence-electron chi connectivity index (χ3n) is 3.82. The summed E-state index contributed by atoms with van der Waals surface area (Å²) in [5.74, 6) is 0.556. The molecule has 0 spiro atoms. The molecule has 1 aliphatic heterocycles. The Kier molecular flexibility index (Phi) is 5.61. The lowest BCUT2D eigenvalue weighted by atomic mass is 10.1. The van der Waals surface area contributed by atoms with Gasteiger partial charge in [0.1, 0.15) is 5.82 Å². The molecule has 0 saturated carbocycles. The van der Waals surface area contributed by atoms with Gasteiger partial charge in [-0.3, -0.25) is 4.79 Å². The molecule has 1 amide bonds. The van der Waals surface area contributed by atoms with Crippen molar-refractivity contribution in [3.05, 3.63) is 52.7 Å². The average Bonchev–Trinajstić information content (AvgIpc) is 2.64. The predicted molar refractivity (Wildman–Crippen MR) is 92.4 cm³/mol. The molecular formula is C17H19ClN4O2. The van der Waals surface area contributed by atoms with Gasteiger partial charge >= 0.3 is 0 Å². The van der Waals surface area contributed by atoms with Gasteiger partial charge < -0.3 is 15.0 Å². The number of halogens is 1. The molecule has 1 fully saturated rings. The lowest BCUT2D eigenvalue weighted by Crippen LogP contribution is -2.41. The minimum atomic E-state index is -0.0986. The fraction of sp³-hybridized carbons (Fsp3) is 0.353. The number of hydrogen-bond donors (Lipinski definition) is 1. The molecule has 0 atom stereocenters. The molecule has 126 valence electrons. The summed E-state index contributed by atoms with van der Waals surface area (Å²) < 4.78 is 5.24. The summed E-state index contributed by atoms with van der Waals surface area (Å²) in [7, 11) is 0. The minimum absolute atomic E-state index is 0.0986. The number of rotatable bonds is 5. The van der Waals surface area contributed by atoms with Gasteiger partial charge in [-0.15, -0.1) is 10.2 Å². The zero-order valence-electron chi connectivity index (χ0n) is 13.2. The largest absolute Gasteiger partial charge is 0.378 e. The van der Waals surface area contributed by atoms with Crippen LogP contribution >= 0.6 is 11.6 Å². The monoisotopic (exact) mass is 346 g/mol. The van der Waals surface area contributed by atoms with E-state index in [2.05, 4.69) is 15.5 Å². The summed E-state index contributed by atoms with van der Waals surface area (Å²) in [5, 5.41) is 12.0. The van der Waals surface area contributed by atoms with Crippen LogP contribution in [-0.2, 0) is 11.2 Å². The van der Waals surface area contributed by atoms with Crippen LogP contribution in [0, 0.1) is 0 Å². The van der Waals surface area contributed by atoms with Gasteiger partial charge in [0.25, 0.3) is 5.91 Å². The molecule has 6 nitrogen and oxygen atoms in total. The first kappa shape index (κ1) is 16.7. The summed E-state index contributed by atoms with van der Waals surface area (Å²) in [5.41, 5.74) is 1.55. The van der Waals surface area contributed by atoms with Gasteiger partial charge in [0.15, 0.2) is 5.69 Å². The standard InChI is InChI=1S/C17H19ClN4O2/c18-14-3-1-13(2-4-14)7-8-19-16-6-5-15(20-21-16)17(23)22-9-11-24-12-10-22/h1-6H,7-12H2,(H,19,21). The highest BCUT2D eigenvalue weighted by molar-refractivity contribution is 6.30. The van der Waals surface area contributed by atoms with E-state index in [1.807, 2.05) is 24.3 Å². The molecule has 2 heterocycles. The second-order valence-electron chi connectivity index (χ2n) is 5.51. The zero-order chi connectivity index (χ0) is 16.8. The smallest absolute Gasteiger partial charge is 0.274 e. The van der Waals surface area contributed by atoms with Crippen LogP contribution in [0.4, 0.5) is 5.82 Å². The maximum atomic E-state index is 12.3. The maximum absolute atomic E-state index is 12.3. The molecule has 1 N–H and O–H groups in total. The molecule has 1 aromatic carbocycles. The molecule has 0 unspecified atom stereocenters. The molecule has 1 aliphatic rings. The Morgan fingerprint density at radius 3 is 2.54 bits per heavy atom. The predicted octanol–water partition coefficient (Wildman–Crippen LogP) is 2.26. The van der Waals surface area contributed by atoms with Crippen LogP contribution in [0.1, 0.15) is 16.1 Å². The van der Waals surface area contributed by atoms with Gasteiger partial charge in [0.05, 0.1) is 13.2 Å². The van der Waals surface area contributed by atoms with Gasteiger partial charge in [0.2, 0.25) is 0 Å². The van der Waals surface area contributed by atoms with Gasteiger partial charge in [-0.05, 0) is 36.2 Å². The highest BCUT2D eigenvalue weighted by Crippen LogP contribution is 2.11. The maximum Gasteiger partial charge on any atom is 0.274 e. The quantitative estimate of drug-likeness (QED) is 0.899. The Balaban J connectivity index is 1.50. The SMILES string of the molecule is O=C(c1ccc(NCCc2ccc(Cl)cc2)nn1)N1CCOCC1. The third-order valence-corrected chi connectivity index (χ3v) is 4.07. The van der Waals surface area contributed by atoms with Crippen LogP contribution in [0.25, 0.3) is 0 Å². The third kappa shape index (κ3) is 4.43. The first-order valence-corrected chi connectivity index (χ1v) is 8.29. The summed E-state index contributed by atoms with van der Waals surface area (Å²) in [6, 6.07) is 11.2. The number of anilines is 1. The molecule has 0 aliphatic carbocycles. The zero-order valence-corrected chi connectivity index (χ0v) is 14.0. The number of benzene rings is 1. The van der Waals surface area contributed by atoms with E-state index in [1.165, 1.54) is 5.56 Å². The minimum Gasteiger partial charge on any atom is -0.378 e. The van der Waals surface area contributed by atoms with E-state index in [1.54, 1.807) is 17.0 Å². The Bertz CT molecular complexity index is 670. The molecule has 1 aromatic heterocycles. The van der Waals surface area contributed by atoms with Crippen molar-refractivity contribution in [2.45, 2.75) is 6.42 Å². The molecule has 0 bridgehead atoms. The molecule has 2 aromatic rings. The van der Waals surface area contributed by atoms with Crippen LogP contribution in [0.5, 0.6) is 0 Å². The second kappa shape index (κ2) is 8.08. The number of hydrogen-bond acceptors (Lipinski definition) is 5. The number of morpholine rings is 1. The molecular weight excluding hydrogens is 328 g/mol. The van der Waals surface area contributed by atoms with E-state index in [-0.39, 0.29) is 5.91 Å². The Hall–Kier alpha value is -2.18. The Morgan fingerprint density at radius 2 is 1.88 bits per heavy atom. The summed E-state index contributed by atoms with van der Waals surface area (Å²) >= 11 is 5.87. The van der Waals surface area contributed by atoms with Crippen molar-refractivity contribution in [2.24, 2.45) is 0 Å². The van der Waals surface area contributed by atoms with Crippen molar-refractivity contribution in [1.29, 1.82) is 0 Å². The highest BCUT2D eigenvalue weighted by Gasteiger charge is 2.19. The molecule has 24 heavy (non-hydrogen) atoms. The van der Waals surface area contributed by atoms with Crippen molar-refractivity contribution in [3.8, 4) is 0 Å².